The van der Waals surface area contributed by atoms with Crippen molar-refractivity contribution in [3.63, 3.8) is 0 Å². The molecule has 76 valence electrons. The summed E-state index contributed by atoms with van der Waals surface area (Å²) in [5.74, 6) is 0. The molecule has 0 bridgehead atoms. The summed E-state index contributed by atoms with van der Waals surface area (Å²) in [5.41, 5.74) is -4.94. The number of rotatable bonds is 1. The third kappa shape index (κ3) is 2.03. The van der Waals surface area contributed by atoms with Crippen LogP contribution in [0.3, 0.4) is 0 Å². The molecule has 8 heteroatoms. The first-order valence-electron chi connectivity index (χ1n) is 2.79. The molecule has 0 heterocycles. The van der Waals surface area contributed by atoms with Crippen LogP contribution in [-0.4, -0.2) is 23.1 Å². The summed E-state index contributed by atoms with van der Waals surface area (Å²) >= 11 is 0. The molecule has 13 heavy (non-hydrogen) atoms. The number of nitrogens with zero attached hydrogens (tertiary/aromatic N) is 1. The summed E-state index contributed by atoms with van der Waals surface area (Å²) < 4.78 is 70.0. The Labute approximate surface area is 68.4 Å². The Hall–Kier alpha value is -0.970. The highest BCUT2D eigenvalue weighted by Gasteiger charge is 2.70. The molecule has 1 N–H and O–H groups in total. The molecule has 0 spiro atoms. The van der Waals surface area contributed by atoms with E-state index in [1.54, 1.807) is 0 Å². The van der Waals surface area contributed by atoms with Gasteiger partial charge in [0, 0.05) is 0 Å². The Morgan fingerprint density at radius 1 is 1.00 bits per heavy atom. The van der Waals surface area contributed by atoms with Crippen LogP contribution in [0, 0.1) is 11.3 Å². The van der Waals surface area contributed by atoms with E-state index in [2.05, 4.69) is 0 Å². The summed E-state index contributed by atoms with van der Waals surface area (Å²) in [5, 5.41) is 15.9. The fourth-order valence-electron chi connectivity index (χ4n) is 0.476. The Balaban J connectivity index is 5.11. The van der Waals surface area contributed by atoms with E-state index in [0.717, 1.165) is 0 Å². The number of alkyl halides is 6. The topological polar surface area (TPSA) is 44.0 Å². The molecule has 0 aromatic carbocycles. The van der Waals surface area contributed by atoms with Crippen LogP contribution in [-0.2, 0) is 0 Å². The zero-order chi connectivity index (χ0) is 10.9. The maximum atomic E-state index is 11.7. The molecule has 0 aromatic rings. The molecule has 0 aromatic heterocycles. The van der Waals surface area contributed by atoms with Crippen molar-refractivity contribution in [1.29, 1.82) is 5.26 Å². The van der Waals surface area contributed by atoms with Crippen LogP contribution in [0.4, 0.5) is 26.3 Å². The molecule has 0 rings (SSSR count). The van der Waals surface area contributed by atoms with Gasteiger partial charge in [0.2, 0.25) is 0 Å². The lowest BCUT2D eigenvalue weighted by atomic mass is 9.99. The van der Waals surface area contributed by atoms with Crippen LogP contribution < -0.4 is 0 Å². The van der Waals surface area contributed by atoms with Crippen LogP contribution in [0.1, 0.15) is 6.42 Å². The molecule has 0 aliphatic rings. The van der Waals surface area contributed by atoms with Gasteiger partial charge >= 0.3 is 12.4 Å². The minimum Gasteiger partial charge on any atom is -0.373 e. The number of nitriles is 1. The predicted molar refractivity (Wildman–Crippen MR) is 27.3 cm³/mol. The largest absolute Gasteiger partial charge is 0.427 e. The number of hydrogen-bond acceptors (Lipinski definition) is 2. The van der Waals surface area contributed by atoms with Gasteiger partial charge in [-0.05, 0) is 0 Å². The van der Waals surface area contributed by atoms with E-state index in [4.69, 9.17) is 10.4 Å². The summed E-state index contributed by atoms with van der Waals surface area (Å²) in [7, 11) is 0. The maximum Gasteiger partial charge on any atom is 0.427 e. The SMILES string of the molecule is N#CCC(O)(C(F)(F)F)C(F)(F)F. The quantitative estimate of drug-likeness (QED) is 0.665. The molecular formula is C5H3F6NO. The molecule has 0 saturated heterocycles. The van der Waals surface area contributed by atoms with Crippen LogP contribution in [0.25, 0.3) is 0 Å². The monoisotopic (exact) mass is 207 g/mol. The van der Waals surface area contributed by atoms with E-state index in [-0.39, 0.29) is 0 Å². The highest BCUT2D eigenvalue weighted by atomic mass is 19.4. The van der Waals surface area contributed by atoms with Gasteiger partial charge in [-0.1, -0.05) is 0 Å². The van der Waals surface area contributed by atoms with Crippen molar-refractivity contribution >= 4 is 0 Å². The van der Waals surface area contributed by atoms with Gasteiger partial charge in [0.05, 0.1) is 12.5 Å². The van der Waals surface area contributed by atoms with E-state index in [9.17, 15) is 26.3 Å². The fourth-order valence-corrected chi connectivity index (χ4v) is 0.476. The lowest BCUT2D eigenvalue weighted by Gasteiger charge is -2.29. The van der Waals surface area contributed by atoms with Gasteiger partial charge in [-0.2, -0.15) is 31.6 Å². The minimum absolute atomic E-state index is 0.631. The molecular weight excluding hydrogens is 204 g/mol. The summed E-state index contributed by atoms with van der Waals surface area (Å²) in [6.45, 7) is 0. The lowest BCUT2D eigenvalue weighted by Crippen LogP contribution is -2.56. The van der Waals surface area contributed by atoms with E-state index < -0.39 is 24.4 Å². The summed E-state index contributed by atoms with van der Waals surface area (Å²) in [4.78, 5) is 0. The second kappa shape index (κ2) is 3.06. The van der Waals surface area contributed by atoms with Crippen LogP contribution in [0.2, 0.25) is 0 Å². The first-order valence-corrected chi connectivity index (χ1v) is 2.79. The van der Waals surface area contributed by atoms with E-state index in [1.807, 2.05) is 0 Å². The molecule has 0 aliphatic heterocycles. The average Bonchev–Trinajstić information content (AvgIpc) is 1.82. The Morgan fingerprint density at radius 2 is 1.31 bits per heavy atom. The average molecular weight is 207 g/mol. The first kappa shape index (κ1) is 12.0. The zero-order valence-electron chi connectivity index (χ0n) is 5.87. The normalized spacial score (nSPS) is 14.0. The number of aliphatic hydroxyl groups is 1. The molecule has 0 amide bonds. The van der Waals surface area contributed by atoms with Gasteiger partial charge in [-0.25, -0.2) is 0 Å². The number of halogens is 6. The van der Waals surface area contributed by atoms with Crippen molar-refractivity contribution in [1.82, 2.24) is 0 Å². The third-order valence-corrected chi connectivity index (χ3v) is 1.27. The van der Waals surface area contributed by atoms with E-state index in [0.29, 0.717) is 6.07 Å². The Morgan fingerprint density at radius 3 is 1.38 bits per heavy atom. The molecule has 0 aliphatic carbocycles. The summed E-state index contributed by atoms with van der Waals surface area (Å²) in [6.07, 6.45) is -13.9. The number of hydrogen-bond donors (Lipinski definition) is 1. The van der Waals surface area contributed by atoms with Gasteiger partial charge in [-0.15, -0.1) is 0 Å². The zero-order valence-corrected chi connectivity index (χ0v) is 5.87. The highest BCUT2D eigenvalue weighted by molar-refractivity contribution is 4.99. The maximum absolute atomic E-state index is 11.7. The van der Waals surface area contributed by atoms with Gasteiger partial charge in [0.1, 0.15) is 0 Å². The molecule has 0 atom stereocenters. The first-order chi connectivity index (χ1) is 5.56. The molecule has 0 saturated carbocycles. The van der Waals surface area contributed by atoms with E-state index in [1.165, 1.54) is 0 Å². The van der Waals surface area contributed by atoms with Gasteiger partial charge in [0.15, 0.2) is 0 Å². The fraction of sp³-hybridized carbons (Fsp3) is 0.800. The van der Waals surface area contributed by atoms with Gasteiger partial charge in [-0.3, -0.25) is 0 Å². The van der Waals surface area contributed by atoms with Gasteiger partial charge < -0.3 is 5.11 Å². The van der Waals surface area contributed by atoms with Crippen LogP contribution in [0.5, 0.6) is 0 Å². The summed E-state index contributed by atoms with van der Waals surface area (Å²) in [6, 6.07) is 0.631. The Kier molecular flexibility index (Phi) is 2.84. The van der Waals surface area contributed by atoms with Crippen molar-refractivity contribution in [3.8, 4) is 6.07 Å². The highest BCUT2D eigenvalue weighted by Crippen LogP contribution is 2.44. The molecule has 2 nitrogen and oxygen atoms in total. The Bertz CT molecular complexity index is 209. The van der Waals surface area contributed by atoms with Crippen molar-refractivity contribution in [3.05, 3.63) is 0 Å². The van der Waals surface area contributed by atoms with Gasteiger partial charge in [0.25, 0.3) is 5.60 Å². The molecule has 0 unspecified atom stereocenters. The van der Waals surface area contributed by atoms with Crippen LogP contribution >= 0.6 is 0 Å². The standard InChI is InChI=1S/C5H3F6NO/c6-4(7,8)3(13,1-2-12)5(9,10)11/h13H,1H2. The second-order valence-electron chi connectivity index (χ2n) is 2.19. The molecule has 0 radical (unpaired) electrons. The van der Waals surface area contributed by atoms with Crippen molar-refractivity contribution in [2.45, 2.75) is 24.4 Å². The predicted octanol–water partition coefficient (Wildman–Crippen LogP) is 1.76. The third-order valence-electron chi connectivity index (χ3n) is 1.27. The van der Waals surface area contributed by atoms with Crippen molar-refractivity contribution in [2.24, 2.45) is 0 Å². The minimum atomic E-state index is -5.90. The van der Waals surface area contributed by atoms with Crippen molar-refractivity contribution in [2.75, 3.05) is 0 Å². The lowest BCUT2D eigenvalue weighted by molar-refractivity contribution is -0.366. The van der Waals surface area contributed by atoms with Crippen molar-refractivity contribution < 1.29 is 31.4 Å². The second-order valence-corrected chi connectivity index (χ2v) is 2.19. The van der Waals surface area contributed by atoms with Crippen LogP contribution in [0.15, 0.2) is 0 Å². The smallest absolute Gasteiger partial charge is 0.373 e. The molecule has 0 fully saturated rings. The van der Waals surface area contributed by atoms with E-state index >= 15 is 0 Å².